The minimum Gasteiger partial charge on any atom is -0.330 e. The summed E-state index contributed by atoms with van der Waals surface area (Å²) in [5.74, 6) is 0.937. The number of rotatable bonds is 4. The topological polar surface area (TPSA) is 49.3 Å². The van der Waals surface area contributed by atoms with Crippen molar-refractivity contribution in [2.75, 3.05) is 19.6 Å². The zero-order valence-electron chi connectivity index (χ0n) is 17.2. The number of carbonyl (C=O) groups excluding carboxylic acids is 1. The van der Waals surface area contributed by atoms with Crippen molar-refractivity contribution in [1.82, 2.24) is 19.8 Å². The van der Waals surface area contributed by atoms with Gasteiger partial charge < -0.3 is 4.90 Å². The lowest BCUT2D eigenvalue weighted by molar-refractivity contribution is 0.0693. The minimum absolute atomic E-state index is 0.0389. The number of nitrogens with zero attached hydrogens (tertiary/aromatic N) is 4. The van der Waals surface area contributed by atoms with Crippen molar-refractivity contribution in [3.8, 4) is 0 Å². The molecule has 0 bridgehead atoms. The monoisotopic (exact) mass is 398 g/mol. The van der Waals surface area contributed by atoms with Gasteiger partial charge in [-0.15, -0.1) is 0 Å². The van der Waals surface area contributed by atoms with Crippen LogP contribution in [0.15, 0.2) is 73.2 Å². The van der Waals surface area contributed by atoms with Crippen LogP contribution in [0.2, 0.25) is 0 Å². The van der Waals surface area contributed by atoms with Crippen molar-refractivity contribution in [2.24, 2.45) is 11.8 Å². The molecule has 2 aromatic heterocycles. The molecule has 5 nitrogen and oxygen atoms in total. The second-order valence-corrected chi connectivity index (χ2v) is 8.45. The molecule has 3 aromatic rings. The molecule has 2 aliphatic rings. The number of benzene rings is 1. The third-order valence-corrected chi connectivity index (χ3v) is 6.52. The summed E-state index contributed by atoms with van der Waals surface area (Å²) in [7, 11) is 0. The lowest BCUT2D eigenvalue weighted by atomic mass is 9.87. The Labute approximate surface area is 177 Å². The van der Waals surface area contributed by atoms with Gasteiger partial charge >= 0.3 is 0 Å². The van der Waals surface area contributed by atoms with Crippen LogP contribution in [0.1, 0.15) is 33.2 Å². The molecule has 0 unspecified atom stereocenters. The molecule has 3 atom stereocenters. The summed E-state index contributed by atoms with van der Waals surface area (Å²) >= 11 is 0. The Morgan fingerprint density at radius 3 is 2.63 bits per heavy atom. The average Bonchev–Trinajstić information content (AvgIpc) is 3.32. The fourth-order valence-corrected chi connectivity index (χ4v) is 5.18. The lowest BCUT2D eigenvalue weighted by Gasteiger charge is -2.30. The van der Waals surface area contributed by atoms with E-state index in [1.54, 1.807) is 6.20 Å². The summed E-state index contributed by atoms with van der Waals surface area (Å²) in [4.78, 5) is 26.6. The summed E-state index contributed by atoms with van der Waals surface area (Å²) in [5.41, 5.74) is 4.28. The largest absolute Gasteiger partial charge is 0.330 e. The third-order valence-electron chi connectivity index (χ3n) is 6.52. The van der Waals surface area contributed by atoms with Crippen molar-refractivity contribution < 1.29 is 4.79 Å². The van der Waals surface area contributed by atoms with E-state index in [1.807, 2.05) is 36.7 Å². The molecular formula is C25H26N4O. The van der Waals surface area contributed by atoms with Gasteiger partial charge in [0.25, 0.3) is 5.91 Å². The Bertz CT molecular complexity index is 1020. The third kappa shape index (κ3) is 3.50. The van der Waals surface area contributed by atoms with E-state index in [1.165, 1.54) is 16.7 Å². The number of carbonyl (C=O) groups is 1. The van der Waals surface area contributed by atoms with Crippen molar-refractivity contribution in [1.29, 1.82) is 0 Å². The fourth-order valence-electron chi connectivity index (χ4n) is 5.18. The summed E-state index contributed by atoms with van der Waals surface area (Å²) in [6, 6.07) is 18.3. The molecule has 0 radical (unpaired) electrons. The summed E-state index contributed by atoms with van der Waals surface area (Å²) in [6.07, 6.45) is 5.46. The molecule has 0 spiro atoms. The average molecular weight is 399 g/mol. The standard InChI is InChI=1S/C25H26N4O/c1-18-7-2-3-9-21(18)24-22-17-28(14-19-8-6-11-26-13-19)15-20(22)16-29(24)25(30)23-10-4-5-12-27-23/h2-13,20,22,24H,14-17H2,1H3/t20-,22-,24+/m0/s1. The highest BCUT2D eigenvalue weighted by molar-refractivity contribution is 5.92. The summed E-state index contributed by atoms with van der Waals surface area (Å²) < 4.78 is 0. The first-order valence-corrected chi connectivity index (χ1v) is 10.6. The number of likely N-dealkylation sites (tertiary alicyclic amines) is 2. The van der Waals surface area contributed by atoms with Gasteiger partial charge in [-0.3, -0.25) is 19.7 Å². The van der Waals surface area contributed by atoms with Crippen LogP contribution in [0.4, 0.5) is 0 Å². The molecule has 0 saturated carbocycles. The molecule has 2 aliphatic heterocycles. The highest BCUT2D eigenvalue weighted by Gasteiger charge is 2.49. The van der Waals surface area contributed by atoms with Crippen molar-refractivity contribution in [3.63, 3.8) is 0 Å². The highest BCUT2D eigenvalue weighted by atomic mass is 16.2. The van der Waals surface area contributed by atoms with Gasteiger partial charge in [-0.25, -0.2) is 0 Å². The van der Waals surface area contributed by atoms with Gasteiger partial charge in [0.05, 0.1) is 6.04 Å². The quantitative estimate of drug-likeness (QED) is 0.672. The van der Waals surface area contributed by atoms with E-state index in [2.05, 4.69) is 57.0 Å². The van der Waals surface area contributed by atoms with E-state index in [-0.39, 0.29) is 11.9 Å². The van der Waals surface area contributed by atoms with Crippen LogP contribution >= 0.6 is 0 Å². The van der Waals surface area contributed by atoms with Gasteiger partial charge in [0, 0.05) is 50.7 Å². The van der Waals surface area contributed by atoms with E-state index in [9.17, 15) is 4.79 Å². The van der Waals surface area contributed by atoms with Crippen LogP contribution < -0.4 is 0 Å². The van der Waals surface area contributed by atoms with Gasteiger partial charge in [0.15, 0.2) is 0 Å². The smallest absolute Gasteiger partial charge is 0.272 e. The molecule has 2 saturated heterocycles. The van der Waals surface area contributed by atoms with Gasteiger partial charge in [0.2, 0.25) is 0 Å². The molecule has 30 heavy (non-hydrogen) atoms. The van der Waals surface area contributed by atoms with E-state index in [4.69, 9.17) is 0 Å². The van der Waals surface area contributed by atoms with Gasteiger partial charge in [-0.05, 0) is 47.7 Å². The van der Waals surface area contributed by atoms with Gasteiger partial charge in [-0.2, -0.15) is 0 Å². The van der Waals surface area contributed by atoms with Crippen molar-refractivity contribution in [2.45, 2.75) is 19.5 Å². The minimum atomic E-state index is 0.0389. The van der Waals surface area contributed by atoms with E-state index >= 15 is 0 Å². The summed E-state index contributed by atoms with van der Waals surface area (Å²) in [6.45, 7) is 5.84. The molecule has 5 rings (SSSR count). The number of amides is 1. The first-order valence-electron chi connectivity index (χ1n) is 10.6. The molecule has 2 fully saturated rings. The van der Waals surface area contributed by atoms with Crippen LogP contribution in [0.5, 0.6) is 0 Å². The maximum absolute atomic E-state index is 13.4. The molecule has 4 heterocycles. The maximum atomic E-state index is 13.4. The molecule has 1 amide bonds. The predicted octanol–water partition coefficient (Wildman–Crippen LogP) is 3.73. The van der Waals surface area contributed by atoms with Crippen LogP contribution in [0, 0.1) is 18.8 Å². The first-order chi connectivity index (χ1) is 14.7. The number of hydrogen-bond acceptors (Lipinski definition) is 4. The Morgan fingerprint density at radius 1 is 1.00 bits per heavy atom. The number of pyridine rings is 2. The SMILES string of the molecule is Cc1ccccc1[C@@H]1[C@H]2CN(Cc3cccnc3)C[C@H]2CN1C(=O)c1ccccn1. The molecule has 5 heteroatoms. The van der Waals surface area contributed by atoms with Crippen LogP contribution in [0.3, 0.4) is 0 Å². The highest BCUT2D eigenvalue weighted by Crippen LogP contribution is 2.46. The zero-order valence-corrected chi connectivity index (χ0v) is 17.2. The first kappa shape index (κ1) is 18.9. The van der Waals surface area contributed by atoms with Gasteiger partial charge in [0.1, 0.15) is 5.69 Å². The molecular weight excluding hydrogens is 372 g/mol. The zero-order chi connectivity index (χ0) is 20.5. The Balaban J connectivity index is 1.44. The van der Waals surface area contributed by atoms with Crippen molar-refractivity contribution >= 4 is 5.91 Å². The molecule has 1 aromatic carbocycles. The number of aromatic nitrogens is 2. The predicted molar refractivity (Wildman–Crippen MR) is 116 cm³/mol. The Kier molecular flexibility index (Phi) is 5.05. The normalized spacial score (nSPS) is 23.5. The van der Waals surface area contributed by atoms with E-state index in [0.717, 1.165) is 26.2 Å². The van der Waals surface area contributed by atoms with E-state index in [0.29, 0.717) is 17.5 Å². The number of hydrogen-bond donors (Lipinski definition) is 0. The van der Waals surface area contributed by atoms with Crippen LogP contribution in [-0.4, -0.2) is 45.3 Å². The second-order valence-electron chi connectivity index (χ2n) is 8.45. The second kappa shape index (κ2) is 8.00. The molecule has 0 N–H and O–H groups in total. The van der Waals surface area contributed by atoms with Crippen molar-refractivity contribution in [3.05, 3.63) is 95.6 Å². The molecule has 152 valence electrons. The van der Waals surface area contributed by atoms with Crippen LogP contribution in [-0.2, 0) is 6.54 Å². The fraction of sp³-hybridized carbons (Fsp3) is 0.320. The van der Waals surface area contributed by atoms with E-state index < -0.39 is 0 Å². The Hall–Kier alpha value is -3.05. The summed E-state index contributed by atoms with van der Waals surface area (Å²) in [5, 5.41) is 0. The number of fused-ring (bicyclic) bond motifs is 1. The molecule has 0 aliphatic carbocycles. The van der Waals surface area contributed by atoms with Gasteiger partial charge in [-0.1, -0.05) is 36.4 Å². The maximum Gasteiger partial charge on any atom is 0.272 e. The number of aryl methyl sites for hydroxylation is 1. The van der Waals surface area contributed by atoms with Crippen LogP contribution in [0.25, 0.3) is 0 Å². The Morgan fingerprint density at radius 2 is 1.87 bits per heavy atom. The lowest BCUT2D eigenvalue weighted by Crippen LogP contribution is -2.36.